The number of methoxy groups -OCH3 is 1. The highest BCUT2D eigenvalue weighted by atomic mass is 32.2. The zero-order chi connectivity index (χ0) is 12.3. The number of sulfone groups is 1. The number of nitrogens with zero attached hydrogens (tertiary/aromatic N) is 1. The molecule has 0 amide bonds. The van der Waals surface area contributed by atoms with E-state index in [0.717, 1.165) is 12.8 Å². The molecule has 4 atom stereocenters. The van der Waals surface area contributed by atoms with Crippen molar-refractivity contribution in [3.05, 3.63) is 0 Å². The highest BCUT2D eigenvalue weighted by molar-refractivity contribution is 7.91. The summed E-state index contributed by atoms with van der Waals surface area (Å²) in [6.45, 7) is 0.489. The first-order valence-corrected chi connectivity index (χ1v) is 7.93. The van der Waals surface area contributed by atoms with Crippen molar-refractivity contribution in [3.8, 4) is 6.07 Å². The highest BCUT2D eigenvalue weighted by Gasteiger charge is 2.63. The van der Waals surface area contributed by atoms with Gasteiger partial charge in [0.15, 0.2) is 9.84 Å². The van der Waals surface area contributed by atoms with Gasteiger partial charge in [-0.25, -0.2) is 8.42 Å². The van der Waals surface area contributed by atoms with Gasteiger partial charge in [0.1, 0.15) is 0 Å². The standard InChI is InChI=1S/C12H17NO3S/c1-16-7-12(6-13)2-8-9(3-12)11-5-17(14,15)4-10(8)11/h8-11H,2-5,7H2,1H3. The molecule has 3 aliphatic rings. The van der Waals surface area contributed by atoms with E-state index in [4.69, 9.17) is 4.74 Å². The van der Waals surface area contributed by atoms with Gasteiger partial charge in [-0.1, -0.05) is 0 Å². The predicted molar refractivity (Wildman–Crippen MR) is 61.8 cm³/mol. The van der Waals surface area contributed by atoms with Crippen molar-refractivity contribution >= 4 is 9.84 Å². The van der Waals surface area contributed by atoms with Gasteiger partial charge in [0.05, 0.1) is 29.6 Å². The van der Waals surface area contributed by atoms with E-state index in [-0.39, 0.29) is 5.41 Å². The molecule has 1 heterocycles. The molecular weight excluding hydrogens is 238 g/mol. The fraction of sp³-hybridized carbons (Fsp3) is 0.917. The number of hydrogen-bond acceptors (Lipinski definition) is 4. The lowest BCUT2D eigenvalue weighted by Gasteiger charge is -2.43. The SMILES string of the molecule is COCC1(C#N)CC2C(C1)C1CS(=O)(=O)CC21. The molecule has 2 saturated carbocycles. The van der Waals surface area contributed by atoms with Crippen LogP contribution < -0.4 is 0 Å². The minimum Gasteiger partial charge on any atom is -0.383 e. The van der Waals surface area contributed by atoms with Crippen molar-refractivity contribution in [2.75, 3.05) is 25.2 Å². The van der Waals surface area contributed by atoms with Crippen LogP contribution >= 0.6 is 0 Å². The summed E-state index contributed by atoms with van der Waals surface area (Å²) < 4.78 is 28.3. The lowest BCUT2D eigenvalue weighted by atomic mass is 9.60. The molecule has 4 unspecified atom stereocenters. The third kappa shape index (κ3) is 1.54. The molecular formula is C12H17NO3S. The van der Waals surface area contributed by atoms with Crippen LogP contribution in [0.15, 0.2) is 0 Å². The van der Waals surface area contributed by atoms with Crippen molar-refractivity contribution in [2.45, 2.75) is 12.8 Å². The van der Waals surface area contributed by atoms with Gasteiger partial charge in [-0.15, -0.1) is 0 Å². The number of ether oxygens (including phenoxy) is 1. The predicted octanol–water partition coefficient (Wildman–Crippen LogP) is 0.843. The Balaban J connectivity index is 1.79. The Labute approximate surface area is 102 Å². The Kier molecular flexibility index (Phi) is 2.34. The van der Waals surface area contributed by atoms with Crippen molar-refractivity contribution in [3.63, 3.8) is 0 Å². The summed E-state index contributed by atoms with van der Waals surface area (Å²) in [5.74, 6) is 2.27. The fourth-order valence-electron chi connectivity index (χ4n) is 4.38. The quantitative estimate of drug-likeness (QED) is 0.733. The molecule has 0 aromatic rings. The maximum atomic E-state index is 11.6. The zero-order valence-corrected chi connectivity index (χ0v) is 10.7. The lowest BCUT2D eigenvalue weighted by Crippen LogP contribution is -2.42. The van der Waals surface area contributed by atoms with E-state index in [1.54, 1.807) is 7.11 Å². The van der Waals surface area contributed by atoms with Crippen LogP contribution in [0.3, 0.4) is 0 Å². The van der Waals surface area contributed by atoms with E-state index in [1.165, 1.54) is 0 Å². The number of nitriles is 1. The summed E-state index contributed by atoms with van der Waals surface area (Å²) in [5, 5.41) is 9.33. The minimum absolute atomic E-state index is 0.331. The van der Waals surface area contributed by atoms with E-state index in [2.05, 4.69) is 6.07 Å². The Morgan fingerprint density at radius 2 is 1.76 bits per heavy atom. The third-order valence-corrected chi connectivity index (χ3v) is 6.79. The van der Waals surface area contributed by atoms with Gasteiger partial charge in [-0.3, -0.25) is 0 Å². The van der Waals surface area contributed by atoms with Crippen LogP contribution in [0.2, 0.25) is 0 Å². The summed E-state index contributed by atoms with van der Waals surface area (Å²) in [5.41, 5.74) is -0.349. The summed E-state index contributed by atoms with van der Waals surface area (Å²) in [6.07, 6.45) is 1.66. The molecule has 94 valence electrons. The van der Waals surface area contributed by atoms with Crippen LogP contribution in [0.1, 0.15) is 12.8 Å². The van der Waals surface area contributed by atoms with Crippen LogP contribution in [0, 0.1) is 40.4 Å². The van der Waals surface area contributed by atoms with E-state index in [1.807, 2.05) is 0 Å². The van der Waals surface area contributed by atoms with Crippen LogP contribution in [0.5, 0.6) is 0 Å². The highest BCUT2D eigenvalue weighted by Crippen LogP contribution is 2.63. The molecule has 17 heavy (non-hydrogen) atoms. The molecule has 1 aliphatic heterocycles. The van der Waals surface area contributed by atoms with Crippen LogP contribution in [0.25, 0.3) is 0 Å². The van der Waals surface area contributed by atoms with E-state index in [9.17, 15) is 13.7 Å². The second kappa shape index (κ2) is 3.46. The second-order valence-electron chi connectivity index (χ2n) is 5.97. The van der Waals surface area contributed by atoms with Gasteiger partial charge in [0.2, 0.25) is 0 Å². The van der Waals surface area contributed by atoms with Gasteiger partial charge < -0.3 is 4.74 Å². The van der Waals surface area contributed by atoms with Gasteiger partial charge >= 0.3 is 0 Å². The topological polar surface area (TPSA) is 67.2 Å². The average molecular weight is 255 g/mol. The Morgan fingerprint density at radius 1 is 1.24 bits per heavy atom. The molecule has 5 heteroatoms. The smallest absolute Gasteiger partial charge is 0.150 e. The minimum atomic E-state index is -2.79. The second-order valence-corrected chi connectivity index (χ2v) is 8.12. The molecule has 3 rings (SSSR count). The Hall–Kier alpha value is -0.600. The monoisotopic (exact) mass is 255 g/mol. The first kappa shape index (κ1) is 11.5. The fourth-order valence-corrected chi connectivity index (χ4v) is 6.68. The van der Waals surface area contributed by atoms with Crippen molar-refractivity contribution in [1.29, 1.82) is 5.26 Å². The Morgan fingerprint density at radius 3 is 2.18 bits per heavy atom. The summed E-state index contributed by atoms with van der Waals surface area (Å²) in [7, 11) is -1.17. The van der Waals surface area contributed by atoms with Crippen LogP contribution in [0.4, 0.5) is 0 Å². The Bertz CT molecular complexity index is 452. The average Bonchev–Trinajstić information content (AvgIpc) is 2.74. The molecule has 2 aliphatic carbocycles. The van der Waals surface area contributed by atoms with Crippen LogP contribution in [-0.4, -0.2) is 33.6 Å². The molecule has 0 bridgehead atoms. The third-order valence-electron chi connectivity index (χ3n) is 5.00. The van der Waals surface area contributed by atoms with E-state index >= 15 is 0 Å². The van der Waals surface area contributed by atoms with Crippen molar-refractivity contribution in [2.24, 2.45) is 29.1 Å². The molecule has 0 aromatic heterocycles. The zero-order valence-electron chi connectivity index (χ0n) is 9.93. The number of rotatable bonds is 2. The normalized spacial score (nSPS) is 50.1. The molecule has 3 fully saturated rings. The first-order chi connectivity index (χ1) is 8.00. The van der Waals surface area contributed by atoms with E-state index in [0.29, 0.717) is 41.8 Å². The van der Waals surface area contributed by atoms with Crippen molar-refractivity contribution < 1.29 is 13.2 Å². The summed E-state index contributed by atoms with van der Waals surface area (Å²) >= 11 is 0. The first-order valence-electron chi connectivity index (χ1n) is 6.11. The van der Waals surface area contributed by atoms with Gasteiger partial charge in [0, 0.05) is 7.11 Å². The summed E-state index contributed by atoms with van der Waals surface area (Å²) in [4.78, 5) is 0. The maximum absolute atomic E-state index is 11.6. The number of fused-ring (bicyclic) bond motifs is 4. The molecule has 4 nitrogen and oxygen atoms in total. The molecule has 0 spiro atoms. The summed E-state index contributed by atoms with van der Waals surface area (Å²) in [6, 6.07) is 2.41. The van der Waals surface area contributed by atoms with Gasteiger partial charge in [-0.2, -0.15) is 5.26 Å². The molecule has 0 aromatic carbocycles. The van der Waals surface area contributed by atoms with Gasteiger partial charge in [-0.05, 0) is 36.5 Å². The maximum Gasteiger partial charge on any atom is 0.150 e. The van der Waals surface area contributed by atoms with Crippen molar-refractivity contribution in [1.82, 2.24) is 0 Å². The van der Waals surface area contributed by atoms with Gasteiger partial charge in [0.25, 0.3) is 0 Å². The lowest BCUT2D eigenvalue weighted by molar-refractivity contribution is 0.0462. The molecule has 0 radical (unpaired) electrons. The molecule has 0 N–H and O–H groups in total. The van der Waals surface area contributed by atoms with E-state index < -0.39 is 9.84 Å². The van der Waals surface area contributed by atoms with Crippen LogP contribution in [-0.2, 0) is 14.6 Å². The largest absolute Gasteiger partial charge is 0.383 e. The molecule has 1 saturated heterocycles. The number of hydrogen-bond donors (Lipinski definition) is 0.